The number of benzene rings is 1. The molecule has 0 radical (unpaired) electrons. The summed E-state index contributed by atoms with van der Waals surface area (Å²) in [5.74, 6) is 0.544. The molecule has 0 aliphatic rings. The topological polar surface area (TPSA) is 78.4 Å². The van der Waals surface area contributed by atoms with E-state index < -0.39 is 4.92 Å². The van der Waals surface area contributed by atoms with Crippen LogP contribution in [0.2, 0.25) is 0 Å². The van der Waals surface area contributed by atoms with Crippen molar-refractivity contribution in [3.8, 4) is 5.75 Å². The van der Waals surface area contributed by atoms with Crippen molar-refractivity contribution in [2.45, 2.75) is 20.3 Å². The van der Waals surface area contributed by atoms with E-state index in [9.17, 15) is 10.1 Å². The van der Waals surface area contributed by atoms with Gasteiger partial charge in [0.05, 0.1) is 17.2 Å². The zero-order chi connectivity index (χ0) is 11.4. The van der Waals surface area contributed by atoms with Crippen molar-refractivity contribution in [1.29, 1.82) is 0 Å². The van der Waals surface area contributed by atoms with Crippen molar-refractivity contribution < 1.29 is 9.66 Å². The molecule has 15 heavy (non-hydrogen) atoms. The van der Waals surface area contributed by atoms with Crippen molar-refractivity contribution in [2.75, 3.05) is 12.3 Å². The first-order chi connectivity index (χ1) is 7.06. The molecule has 0 aliphatic heterocycles. The van der Waals surface area contributed by atoms with Crippen LogP contribution in [-0.4, -0.2) is 11.5 Å². The van der Waals surface area contributed by atoms with Gasteiger partial charge in [0.25, 0.3) is 5.69 Å². The molecule has 2 N–H and O–H groups in total. The fourth-order valence-corrected chi connectivity index (χ4v) is 1.29. The van der Waals surface area contributed by atoms with Crippen LogP contribution in [0.15, 0.2) is 12.1 Å². The van der Waals surface area contributed by atoms with Crippen LogP contribution < -0.4 is 10.5 Å². The van der Waals surface area contributed by atoms with Gasteiger partial charge in [0.1, 0.15) is 5.75 Å². The Hall–Kier alpha value is -1.78. The van der Waals surface area contributed by atoms with Gasteiger partial charge in [-0.1, -0.05) is 6.92 Å². The largest absolute Gasteiger partial charge is 0.491 e. The average Bonchev–Trinajstić information content (AvgIpc) is 2.16. The standard InChI is InChI=1S/C10H14N2O3/c1-3-4-15-10-7(2)5-8(12(13)14)6-9(10)11/h5-6H,3-4,11H2,1-2H3. The number of nitro benzene ring substituents is 1. The minimum atomic E-state index is -0.465. The number of hydrogen-bond acceptors (Lipinski definition) is 4. The third-order valence-corrected chi connectivity index (χ3v) is 1.95. The van der Waals surface area contributed by atoms with Gasteiger partial charge in [-0.15, -0.1) is 0 Å². The molecular formula is C10H14N2O3. The Balaban J connectivity index is 3.04. The molecule has 1 aromatic carbocycles. The highest BCUT2D eigenvalue weighted by molar-refractivity contribution is 5.62. The summed E-state index contributed by atoms with van der Waals surface area (Å²) < 4.78 is 5.40. The van der Waals surface area contributed by atoms with Crippen LogP contribution >= 0.6 is 0 Å². The third-order valence-electron chi connectivity index (χ3n) is 1.95. The van der Waals surface area contributed by atoms with E-state index in [1.54, 1.807) is 6.92 Å². The van der Waals surface area contributed by atoms with E-state index in [-0.39, 0.29) is 5.69 Å². The van der Waals surface area contributed by atoms with Gasteiger partial charge in [-0.3, -0.25) is 10.1 Å². The minimum Gasteiger partial charge on any atom is -0.491 e. The molecule has 82 valence electrons. The van der Waals surface area contributed by atoms with E-state index in [0.29, 0.717) is 23.6 Å². The number of nitrogens with zero attached hydrogens (tertiary/aromatic N) is 1. The van der Waals surface area contributed by atoms with Gasteiger partial charge in [-0.05, 0) is 18.9 Å². The molecule has 5 heteroatoms. The number of non-ortho nitro benzene ring substituents is 1. The van der Waals surface area contributed by atoms with Crippen molar-refractivity contribution in [3.63, 3.8) is 0 Å². The maximum atomic E-state index is 10.5. The normalized spacial score (nSPS) is 10.0. The van der Waals surface area contributed by atoms with Gasteiger partial charge in [0, 0.05) is 12.1 Å². The molecule has 0 saturated heterocycles. The summed E-state index contributed by atoms with van der Waals surface area (Å²) >= 11 is 0. The highest BCUT2D eigenvalue weighted by Gasteiger charge is 2.13. The van der Waals surface area contributed by atoms with Crippen molar-refractivity contribution in [2.24, 2.45) is 0 Å². The van der Waals surface area contributed by atoms with Crippen molar-refractivity contribution in [3.05, 3.63) is 27.8 Å². The van der Waals surface area contributed by atoms with Gasteiger partial charge in [-0.2, -0.15) is 0 Å². The lowest BCUT2D eigenvalue weighted by Crippen LogP contribution is -2.02. The second-order valence-corrected chi connectivity index (χ2v) is 3.29. The average molecular weight is 210 g/mol. The number of hydrogen-bond donors (Lipinski definition) is 1. The number of nitro groups is 1. The maximum Gasteiger partial charge on any atom is 0.272 e. The summed E-state index contributed by atoms with van der Waals surface area (Å²) in [4.78, 5) is 10.1. The van der Waals surface area contributed by atoms with Crippen molar-refractivity contribution >= 4 is 11.4 Å². The van der Waals surface area contributed by atoms with Crippen LogP contribution in [0.1, 0.15) is 18.9 Å². The summed E-state index contributed by atoms with van der Waals surface area (Å²) in [6.45, 7) is 4.29. The number of anilines is 1. The molecule has 0 bridgehead atoms. The molecule has 0 atom stereocenters. The Kier molecular flexibility index (Phi) is 3.49. The Morgan fingerprint density at radius 1 is 1.53 bits per heavy atom. The fourth-order valence-electron chi connectivity index (χ4n) is 1.29. The number of rotatable bonds is 4. The van der Waals surface area contributed by atoms with E-state index >= 15 is 0 Å². The molecule has 0 heterocycles. The highest BCUT2D eigenvalue weighted by Crippen LogP contribution is 2.30. The molecule has 0 aromatic heterocycles. The summed E-state index contributed by atoms with van der Waals surface area (Å²) in [6.07, 6.45) is 0.871. The maximum absolute atomic E-state index is 10.5. The van der Waals surface area contributed by atoms with Crippen LogP contribution in [0.4, 0.5) is 11.4 Å². The molecule has 0 unspecified atom stereocenters. The summed E-state index contributed by atoms with van der Waals surface area (Å²) in [7, 11) is 0. The molecule has 1 aromatic rings. The lowest BCUT2D eigenvalue weighted by molar-refractivity contribution is -0.384. The Morgan fingerprint density at radius 2 is 2.20 bits per heavy atom. The van der Waals surface area contributed by atoms with Gasteiger partial charge in [0.2, 0.25) is 0 Å². The van der Waals surface area contributed by atoms with Gasteiger partial charge < -0.3 is 10.5 Å². The molecule has 5 nitrogen and oxygen atoms in total. The summed E-state index contributed by atoms with van der Waals surface area (Å²) in [5, 5.41) is 10.5. The molecule has 0 spiro atoms. The second kappa shape index (κ2) is 4.63. The fraction of sp³-hybridized carbons (Fsp3) is 0.400. The Labute approximate surface area is 88.0 Å². The predicted octanol–water partition coefficient (Wildman–Crippen LogP) is 2.27. The zero-order valence-corrected chi connectivity index (χ0v) is 8.82. The van der Waals surface area contributed by atoms with Gasteiger partial charge in [-0.25, -0.2) is 0 Å². The molecule has 0 fully saturated rings. The monoisotopic (exact) mass is 210 g/mol. The third kappa shape index (κ3) is 2.59. The molecule has 0 aliphatic carbocycles. The lowest BCUT2D eigenvalue weighted by Gasteiger charge is -2.10. The first-order valence-electron chi connectivity index (χ1n) is 4.73. The molecule has 0 saturated carbocycles. The molecule has 0 amide bonds. The van der Waals surface area contributed by atoms with E-state index in [1.165, 1.54) is 12.1 Å². The highest BCUT2D eigenvalue weighted by atomic mass is 16.6. The minimum absolute atomic E-state index is 0.00570. The van der Waals surface area contributed by atoms with E-state index in [4.69, 9.17) is 10.5 Å². The van der Waals surface area contributed by atoms with Gasteiger partial charge >= 0.3 is 0 Å². The lowest BCUT2D eigenvalue weighted by atomic mass is 10.1. The Morgan fingerprint density at radius 3 is 2.67 bits per heavy atom. The zero-order valence-electron chi connectivity index (χ0n) is 8.82. The summed E-state index contributed by atoms with van der Waals surface area (Å²) in [6, 6.07) is 2.78. The molecular weight excluding hydrogens is 196 g/mol. The smallest absolute Gasteiger partial charge is 0.272 e. The summed E-state index contributed by atoms with van der Waals surface area (Å²) in [5.41, 5.74) is 6.67. The van der Waals surface area contributed by atoms with E-state index in [2.05, 4.69) is 0 Å². The van der Waals surface area contributed by atoms with Crippen LogP contribution in [0.3, 0.4) is 0 Å². The van der Waals surface area contributed by atoms with E-state index in [1.807, 2.05) is 6.92 Å². The van der Waals surface area contributed by atoms with Gasteiger partial charge in [0.15, 0.2) is 0 Å². The quantitative estimate of drug-likeness (QED) is 0.469. The second-order valence-electron chi connectivity index (χ2n) is 3.29. The van der Waals surface area contributed by atoms with Crippen LogP contribution in [0.25, 0.3) is 0 Å². The van der Waals surface area contributed by atoms with Crippen molar-refractivity contribution in [1.82, 2.24) is 0 Å². The van der Waals surface area contributed by atoms with Crippen LogP contribution in [0.5, 0.6) is 5.75 Å². The Bertz CT molecular complexity index is 354. The number of ether oxygens (including phenoxy) is 1. The predicted molar refractivity (Wildman–Crippen MR) is 58.0 cm³/mol. The number of nitrogens with two attached hydrogens (primary N) is 1. The number of nitrogen functional groups attached to an aromatic ring is 1. The molecule has 1 rings (SSSR count). The SMILES string of the molecule is CCCOc1c(C)cc([N+](=O)[O-])cc1N. The van der Waals surface area contributed by atoms with E-state index in [0.717, 1.165) is 6.42 Å². The van der Waals surface area contributed by atoms with Crippen LogP contribution in [-0.2, 0) is 0 Å². The van der Waals surface area contributed by atoms with Crippen LogP contribution in [0, 0.1) is 17.0 Å². The first kappa shape index (κ1) is 11.3. The number of aryl methyl sites for hydroxylation is 1. The first-order valence-corrected chi connectivity index (χ1v) is 4.73.